The molecule has 2 rings (SSSR count). The Labute approximate surface area is 90.7 Å². The summed E-state index contributed by atoms with van der Waals surface area (Å²) in [5.41, 5.74) is 0.924. The summed E-state index contributed by atoms with van der Waals surface area (Å²) in [4.78, 5) is 10.6. The maximum atomic E-state index is 10.6. The molecule has 0 unspecified atom stereocenters. The van der Waals surface area contributed by atoms with Crippen molar-refractivity contribution in [3.63, 3.8) is 0 Å². The van der Waals surface area contributed by atoms with Gasteiger partial charge in [-0.15, -0.1) is 0 Å². The summed E-state index contributed by atoms with van der Waals surface area (Å²) in [6.07, 6.45) is 2.01. The molecule has 76 valence electrons. The summed E-state index contributed by atoms with van der Waals surface area (Å²) in [6, 6.07) is 6.45. The number of hydrogen-bond acceptors (Lipinski definition) is 3. The van der Waals surface area contributed by atoms with Gasteiger partial charge in [0.05, 0.1) is 17.4 Å². The van der Waals surface area contributed by atoms with Crippen LogP contribution in [0.1, 0.15) is 10.4 Å². The highest BCUT2D eigenvalue weighted by atomic mass is 35.5. The third kappa shape index (κ3) is 1.71. The minimum atomic E-state index is 0.117. The Kier molecular flexibility index (Phi) is 2.43. The van der Waals surface area contributed by atoms with Gasteiger partial charge in [0.1, 0.15) is 10.9 Å². The third-order valence-corrected chi connectivity index (χ3v) is 2.32. The zero-order chi connectivity index (χ0) is 10.8. The van der Waals surface area contributed by atoms with Crippen LogP contribution in [0.15, 0.2) is 30.5 Å². The molecule has 1 heterocycles. The van der Waals surface area contributed by atoms with Crippen LogP contribution in [0, 0.1) is 0 Å². The van der Waals surface area contributed by atoms with Gasteiger partial charge in [-0.05, 0) is 12.1 Å². The molecule has 0 saturated heterocycles. The molecule has 0 aliphatic heterocycles. The molecule has 5 heteroatoms. The lowest BCUT2D eigenvalue weighted by molar-refractivity contribution is 0.112. The van der Waals surface area contributed by atoms with Crippen molar-refractivity contribution in [1.82, 2.24) is 9.78 Å². The standard InChI is InChI=1S/C10H7ClN2O2/c11-10-7(6-14)5-12-13(10)8-2-1-3-9(15)4-8/h1-6,15H. The van der Waals surface area contributed by atoms with Gasteiger partial charge in [0.15, 0.2) is 6.29 Å². The van der Waals surface area contributed by atoms with E-state index in [9.17, 15) is 9.90 Å². The normalized spacial score (nSPS) is 10.2. The first-order valence-electron chi connectivity index (χ1n) is 4.20. The summed E-state index contributed by atoms with van der Waals surface area (Å²) in [5.74, 6) is 0.117. The molecular weight excluding hydrogens is 216 g/mol. The highest BCUT2D eigenvalue weighted by Gasteiger charge is 2.09. The zero-order valence-electron chi connectivity index (χ0n) is 7.59. The summed E-state index contributed by atoms with van der Waals surface area (Å²) in [5, 5.41) is 13.4. The van der Waals surface area contributed by atoms with Crippen LogP contribution in [0.2, 0.25) is 5.15 Å². The summed E-state index contributed by atoms with van der Waals surface area (Å²) < 4.78 is 1.38. The lowest BCUT2D eigenvalue weighted by Crippen LogP contribution is -1.95. The van der Waals surface area contributed by atoms with E-state index in [-0.39, 0.29) is 10.9 Å². The molecule has 0 radical (unpaired) electrons. The van der Waals surface area contributed by atoms with E-state index in [1.807, 2.05) is 0 Å². The minimum Gasteiger partial charge on any atom is -0.508 e. The van der Waals surface area contributed by atoms with E-state index in [1.54, 1.807) is 18.2 Å². The Morgan fingerprint density at radius 1 is 1.47 bits per heavy atom. The van der Waals surface area contributed by atoms with Gasteiger partial charge in [-0.3, -0.25) is 4.79 Å². The predicted molar refractivity (Wildman–Crippen MR) is 55.6 cm³/mol. The van der Waals surface area contributed by atoms with Gasteiger partial charge >= 0.3 is 0 Å². The van der Waals surface area contributed by atoms with Crippen molar-refractivity contribution in [3.8, 4) is 11.4 Å². The highest BCUT2D eigenvalue weighted by Crippen LogP contribution is 2.21. The third-order valence-electron chi connectivity index (χ3n) is 1.94. The monoisotopic (exact) mass is 222 g/mol. The van der Waals surface area contributed by atoms with Crippen molar-refractivity contribution in [2.75, 3.05) is 0 Å². The van der Waals surface area contributed by atoms with Crippen molar-refractivity contribution >= 4 is 17.9 Å². The van der Waals surface area contributed by atoms with E-state index in [0.29, 0.717) is 17.5 Å². The van der Waals surface area contributed by atoms with Crippen molar-refractivity contribution in [2.45, 2.75) is 0 Å². The molecule has 0 aliphatic carbocycles. The molecule has 0 bridgehead atoms. The molecule has 4 nitrogen and oxygen atoms in total. The van der Waals surface area contributed by atoms with Gasteiger partial charge in [0, 0.05) is 6.07 Å². The van der Waals surface area contributed by atoms with E-state index in [1.165, 1.54) is 16.9 Å². The number of halogens is 1. The van der Waals surface area contributed by atoms with E-state index >= 15 is 0 Å². The van der Waals surface area contributed by atoms with Gasteiger partial charge in [0.25, 0.3) is 0 Å². The lowest BCUT2D eigenvalue weighted by atomic mass is 10.3. The molecule has 15 heavy (non-hydrogen) atoms. The van der Waals surface area contributed by atoms with Gasteiger partial charge in [-0.2, -0.15) is 5.10 Å². The van der Waals surface area contributed by atoms with E-state index in [2.05, 4.69) is 5.10 Å². The number of carbonyl (C=O) groups is 1. The molecule has 0 aliphatic rings. The largest absolute Gasteiger partial charge is 0.508 e. The second-order valence-electron chi connectivity index (χ2n) is 2.94. The molecule has 1 aromatic carbocycles. The fourth-order valence-electron chi connectivity index (χ4n) is 1.23. The number of nitrogens with zero attached hydrogens (tertiary/aromatic N) is 2. The maximum Gasteiger partial charge on any atom is 0.154 e. The van der Waals surface area contributed by atoms with Crippen LogP contribution in [0.25, 0.3) is 5.69 Å². The molecule has 0 amide bonds. The quantitative estimate of drug-likeness (QED) is 0.792. The summed E-state index contributed by atoms with van der Waals surface area (Å²) >= 11 is 5.90. The lowest BCUT2D eigenvalue weighted by Gasteiger charge is -2.02. The van der Waals surface area contributed by atoms with Crippen LogP contribution in [0.4, 0.5) is 0 Å². The average Bonchev–Trinajstić information content (AvgIpc) is 2.59. The Hall–Kier alpha value is -1.81. The van der Waals surface area contributed by atoms with E-state index in [4.69, 9.17) is 11.6 Å². The molecular formula is C10H7ClN2O2. The van der Waals surface area contributed by atoms with Gasteiger partial charge in [-0.25, -0.2) is 4.68 Å². The molecule has 2 aromatic rings. The first-order chi connectivity index (χ1) is 7.22. The number of phenolic OH excluding ortho intramolecular Hbond substituents is 1. The fraction of sp³-hybridized carbons (Fsp3) is 0. The fourth-order valence-corrected chi connectivity index (χ4v) is 1.46. The van der Waals surface area contributed by atoms with Crippen LogP contribution in [-0.2, 0) is 0 Å². The number of aromatic hydroxyl groups is 1. The van der Waals surface area contributed by atoms with Crippen molar-refractivity contribution in [1.29, 1.82) is 0 Å². The molecule has 1 aromatic heterocycles. The second-order valence-corrected chi connectivity index (χ2v) is 3.30. The first-order valence-corrected chi connectivity index (χ1v) is 4.58. The van der Waals surface area contributed by atoms with Crippen LogP contribution in [0.3, 0.4) is 0 Å². The molecule has 1 N–H and O–H groups in total. The highest BCUT2D eigenvalue weighted by molar-refractivity contribution is 6.32. The Morgan fingerprint density at radius 3 is 2.87 bits per heavy atom. The van der Waals surface area contributed by atoms with E-state index < -0.39 is 0 Å². The number of aldehydes is 1. The van der Waals surface area contributed by atoms with Gasteiger partial charge < -0.3 is 5.11 Å². The smallest absolute Gasteiger partial charge is 0.154 e. The predicted octanol–water partition coefficient (Wildman–Crippen LogP) is 2.04. The summed E-state index contributed by atoms with van der Waals surface area (Å²) in [7, 11) is 0. The Morgan fingerprint density at radius 2 is 2.27 bits per heavy atom. The number of benzene rings is 1. The first kappa shape index (κ1) is 9.73. The number of hydrogen-bond donors (Lipinski definition) is 1. The molecule has 0 saturated carbocycles. The number of carbonyl (C=O) groups excluding carboxylic acids is 1. The van der Waals surface area contributed by atoms with Crippen LogP contribution in [-0.4, -0.2) is 21.2 Å². The van der Waals surface area contributed by atoms with Gasteiger partial charge in [0.2, 0.25) is 0 Å². The van der Waals surface area contributed by atoms with Crippen molar-refractivity contribution < 1.29 is 9.90 Å². The number of rotatable bonds is 2. The molecule has 0 spiro atoms. The summed E-state index contributed by atoms with van der Waals surface area (Å²) in [6.45, 7) is 0. The van der Waals surface area contributed by atoms with Crippen molar-refractivity contribution in [3.05, 3.63) is 41.2 Å². The van der Waals surface area contributed by atoms with Crippen LogP contribution < -0.4 is 0 Å². The molecule has 0 fully saturated rings. The minimum absolute atomic E-state index is 0.117. The zero-order valence-corrected chi connectivity index (χ0v) is 8.35. The second kappa shape index (κ2) is 3.74. The van der Waals surface area contributed by atoms with Gasteiger partial charge in [-0.1, -0.05) is 17.7 Å². The Bertz CT molecular complexity index is 508. The van der Waals surface area contributed by atoms with E-state index in [0.717, 1.165) is 0 Å². The average molecular weight is 223 g/mol. The van der Waals surface area contributed by atoms with Crippen molar-refractivity contribution in [2.24, 2.45) is 0 Å². The number of phenols is 1. The number of aromatic nitrogens is 2. The SMILES string of the molecule is O=Cc1cnn(-c2cccc(O)c2)c1Cl. The Balaban J connectivity index is 2.54. The van der Waals surface area contributed by atoms with Crippen LogP contribution in [0.5, 0.6) is 5.75 Å². The topological polar surface area (TPSA) is 55.1 Å². The molecule has 0 atom stereocenters. The van der Waals surface area contributed by atoms with Crippen LogP contribution >= 0.6 is 11.6 Å². The maximum absolute atomic E-state index is 10.6.